The molecule has 1 saturated heterocycles. The molecule has 2 amide bonds. The van der Waals surface area contributed by atoms with Gasteiger partial charge >= 0.3 is 0 Å². The fraction of sp³-hybridized carbons (Fsp3) is 0.481. The molecular formula is C27H36N6O3. The van der Waals surface area contributed by atoms with E-state index in [9.17, 15) is 9.59 Å². The number of hydrogen-bond donors (Lipinski definition) is 1. The maximum absolute atomic E-state index is 13.9. The van der Waals surface area contributed by atoms with E-state index < -0.39 is 11.6 Å². The second-order valence-electron chi connectivity index (χ2n) is 9.82. The number of carbonyl (C=O) groups is 2. The highest BCUT2D eigenvalue weighted by atomic mass is 16.5. The molecule has 0 radical (unpaired) electrons. The van der Waals surface area contributed by atoms with Crippen molar-refractivity contribution in [3.63, 3.8) is 0 Å². The zero-order chi connectivity index (χ0) is 25.5. The van der Waals surface area contributed by atoms with Crippen LogP contribution in [-0.4, -0.2) is 81.5 Å². The van der Waals surface area contributed by atoms with Crippen LogP contribution in [0.1, 0.15) is 38.8 Å². The molecule has 2 aromatic carbocycles. The first-order chi connectivity index (χ1) is 17.4. The van der Waals surface area contributed by atoms with Crippen LogP contribution >= 0.6 is 0 Å². The van der Waals surface area contributed by atoms with Gasteiger partial charge < -0.3 is 15.0 Å². The van der Waals surface area contributed by atoms with E-state index in [2.05, 4.69) is 20.5 Å². The molecule has 2 heterocycles. The summed E-state index contributed by atoms with van der Waals surface area (Å²) in [5.41, 5.74) is 1.89. The Hall–Kier alpha value is -3.30. The first-order valence-corrected chi connectivity index (χ1v) is 12.6. The van der Waals surface area contributed by atoms with Gasteiger partial charge in [-0.1, -0.05) is 54.6 Å². The second-order valence-corrected chi connectivity index (χ2v) is 9.82. The number of amides is 2. The summed E-state index contributed by atoms with van der Waals surface area (Å²) in [5, 5.41) is 11.6. The van der Waals surface area contributed by atoms with Crippen LogP contribution in [0.4, 0.5) is 0 Å². The Bertz CT molecular complexity index is 1160. The SMILES string of the molecule is CCC(C)(C)NC(=O)C(c1ccccc1)N(CCN1CCOCC1)C(=O)Cn1nnc2ccccc21. The molecule has 1 aliphatic rings. The average molecular weight is 493 g/mol. The molecular weight excluding hydrogens is 456 g/mol. The number of rotatable bonds is 10. The largest absolute Gasteiger partial charge is 0.379 e. The minimum Gasteiger partial charge on any atom is -0.379 e. The molecule has 9 heteroatoms. The third kappa shape index (κ3) is 6.27. The van der Waals surface area contributed by atoms with Gasteiger partial charge in [0, 0.05) is 31.7 Å². The Morgan fingerprint density at radius 2 is 1.78 bits per heavy atom. The standard InChI is InChI=1S/C27H36N6O3/c1-4-27(2,3)28-26(35)25(21-10-6-5-7-11-21)32(15-14-31-16-18-36-19-17-31)24(34)20-33-23-13-9-8-12-22(23)29-30-33/h5-13,25H,4,14-20H2,1-3H3,(H,28,35). The number of morpholine rings is 1. The molecule has 0 spiro atoms. The van der Waals surface area contributed by atoms with Gasteiger partial charge in [-0.2, -0.15) is 0 Å². The van der Waals surface area contributed by atoms with Gasteiger partial charge in [-0.05, 0) is 38.0 Å². The number of aromatic nitrogens is 3. The van der Waals surface area contributed by atoms with Crippen LogP contribution in [0.5, 0.6) is 0 Å². The van der Waals surface area contributed by atoms with Crippen molar-refractivity contribution in [1.29, 1.82) is 0 Å². The maximum atomic E-state index is 13.9. The van der Waals surface area contributed by atoms with Gasteiger partial charge in [0.05, 0.1) is 18.7 Å². The van der Waals surface area contributed by atoms with Crippen LogP contribution in [0.15, 0.2) is 54.6 Å². The lowest BCUT2D eigenvalue weighted by molar-refractivity contribution is -0.142. The molecule has 1 unspecified atom stereocenters. The minimum atomic E-state index is -0.764. The molecule has 4 rings (SSSR count). The molecule has 36 heavy (non-hydrogen) atoms. The Morgan fingerprint density at radius 1 is 1.08 bits per heavy atom. The Morgan fingerprint density at radius 3 is 2.50 bits per heavy atom. The van der Waals surface area contributed by atoms with Gasteiger partial charge in [0.25, 0.3) is 0 Å². The van der Waals surface area contributed by atoms with Gasteiger partial charge in [0.2, 0.25) is 11.8 Å². The highest BCUT2D eigenvalue weighted by Crippen LogP contribution is 2.24. The molecule has 1 aliphatic heterocycles. The lowest BCUT2D eigenvalue weighted by atomic mass is 9.98. The predicted octanol–water partition coefficient (Wildman–Crippen LogP) is 2.64. The molecule has 9 nitrogen and oxygen atoms in total. The van der Waals surface area contributed by atoms with Crippen LogP contribution < -0.4 is 5.32 Å². The van der Waals surface area contributed by atoms with Crippen LogP contribution in [0, 0.1) is 0 Å². The summed E-state index contributed by atoms with van der Waals surface area (Å²) < 4.78 is 7.09. The number of ether oxygens (including phenoxy) is 1. The van der Waals surface area contributed by atoms with Crippen molar-refractivity contribution in [3.05, 3.63) is 60.2 Å². The summed E-state index contributed by atoms with van der Waals surface area (Å²) in [4.78, 5) is 31.6. The molecule has 3 aromatic rings. The Balaban J connectivity index is 1.66. The summed E-state index contributed by atoms with van der Waals surface area (Å²) in [6, 6.07) is 16.3. The Labute approximate surface area is 212 Å². The molecule has 1 aromatic heterocycles. The smallest absolute Gasteiger partial charge is 0.247 e. The summed E-state index contributed by atoms with van der Waals surface area (Å²) in [6.45, 7) is 10.0. The molecule has 0 saturated carbocycles. The molecule has 1 atom stereocenters. The number of carbonyl (C=O) groups excluding carboxylic acids is 2. The zero-order valence-corrected chi connectivity index (χ0v) is 21.4. The number of nitrogens with one attached hydrogen (secondary N) is 1. The number of fused-ring (bicyclic) bond motifs is 1. The van der Waals surface area contributed by atoms with Crippen molar-refractivity contribution >= 4 is 22.8 Å². The topological polar surface area (TPSA) is 92.6 Å². The van der Waals surface area contributed by atoms with E-state index in [0.29, 0.717) is 26.3 Å². The van der Waals surface area contributed by atoms with E-state index in [1.54, 1.807) is 9.58 Å². The van der Waals surface area contributed by atoms with Gasteiger partial charge in [-0.25, -0.2) is 4.68 Å². The zero-order valence-electron chi connectivity index (χ0n) is 21.4. The third-order valence-corrected chi connectivity index (χ3v) is 6.81. The van der Waals surface area contributed by atoms with Crippen LogP contribution in [0.25, 0.3) is 11.0 Å². The number of hydrogen-bond acceptors (Lipinski definition) is 6. The fourth-order valence-electron chi connectivity index (χ4n) is 4.32. The van der Waals surface area contributed by atoms with Crippen LogP contribution in [0.2, 0.25) is 0 Å². The van der Waals surface area contributed by atoms with Crippen molar-refractivity contribution in [2.45, 2.75) is 45.3 Å². The van der Waals surface area contributed by atoms with Crippen molar-refractivity contribution in [3.8, 4) is 0 Å². The summed E-state index contributed by atoms with van der Waals surface area (Å²) >= 11 is 0. The molecule has 192 valence electrons. The van der Waals surface area contributed by atoms with Gasteiger partial charge in [0.15, 0.2) is 0 Å². The second kappa shape index (κ2) is 11.6. The van der Waals surface area contributed by atoms with E-state index in [0.717, 1.165) is 36.1 Å². The summed E-state index contributed by atoms with van der Waals surface area (Å²) in [6.07, 6.45) is 0.771. The molecule has 0 aliphatic carbocycles. The van der Waals surface area contributed by atoms with E-state index >= 15 is 0 Å². The minimum absolute atomic E-state index is 0.00257. The van der Waals surface area contributed by atoms with Crippen molar-refractivity contribution in [1.82, 2.24) is 30.1 Å². The molecule has 1 fully saturated rings. The average Bonchev–Trinajstić information content (AvgIpc) is 3.30. The van der Waals surface area contributed by atoms with E-state index in [1.807, 2.05) is 75.4 Å². The predicted molar refractivity (Wildman–Crippen MR) is 138 cm³/mol. The van der Waals surface area contributed by atoms with E-state index in [-0.39, 0.29) is 18.4 Å². The van der Waals surface area contributed by atoms with Crippen LogP contribution in [0.3, 0.4) is 0 Å². The highest BCUT2D eigenvalue weighted by molar-refractivity contribution is 5.89. The first-order valence-electron chi connectivity index (χ1n) is 12.6. The van der Waals surface area contributed by atoms with E-state index in [1.165, 1.54) is 0 Å². The van der Waals surface area contributed by atoms with Crippen molar-refractivity contribution < 1.29 is 14.3 Å². The third-order valence-electron chi connectivity index (χ3n) is 6.81. The van der Waals surface area contributed by atoms with E-state index in [4.69, 9.17) is 4.74 Å². The van der Waals surface area contributed by atoms with Gasteiger partial charge in [0.1, 0.15) is 18.1 Å². The lowest BCUT2D eigenvalue weighted by Gasteiger charge is -2.36. The van der Waals surface area contributed by atoms with Crippen LogP contribution in [-0.2, 0) is 20.9 Å². The number of nitrogens with zero attached hydrogens (tertiary/aromatic N) is 5. The number of benzene rings is 2. The molecule has 1 N–H and O–H groups in total. The van der Waals surface area contributed by atoms with Crippen molar-refractivity contribution in [2.24, 2.45) is 0 Å². The fourth-order valence-corrected chi connectivity index (χ4v) is 4.32. The molecule has 0 bridgehead atoms. The monoisotopic (exact) mass is 492 g/mol. The summed E-state index contributed by atoms with van der Waals surface area (Å²) in [5.74, 6) is -0.371. The van der Waals surface area contributed by atoms with Gasteiger partial charge in [-0.3, -0.25) is 14.5 Å². The lowest BCUT2D eigenvalue weighted by Crippen LogP contribution is -2.52. The van der Waals surface area contributed by atoms with Gasteiger partial charge in [-0.15, -0.1) is 5.10 Å². The Kier molecular flexibility index (Phi) is 8.32. The van der Waals surface area contributed by atoms with Crippen molar-refractivity contribution in [2.75, 3.05) is 39.4 Å². The quantitative estimate of drug-likeness (QED) is 0.468. The normalized spacial score (nSPS) is 15.5. The first kappa shape index (κ1) is 25.8. The summed E-state index contributed by atoms with van der Waals surface area (Å²) in [7, 11) is 0. The highest BCUT2D eigenvalue weighted by Gasteiger charge is 2.34. The number of para-hydroxylation sites is 1. The maximum Gasteiger partial charge on any atom is 0.247 e.